The lowest BCUT2D eigenvalue weighted by atomic mass is 10.1. The van der Waals surface area contributed by atoms with E-state index in [1.807, 2.05) is 0 Å². The van der Waals surface area contributed by atoms with Crippen LogP contribution in [-0.4, -0.2) is 47.5 Å². The molecule has 0 radical (unpaired) electrons. The third kappa shape index (κ3) is 5.01. The lowest BCUT2D eigenvalue weighted by Gasteiger charge is -2.15. The average molecular weight is 467 g/mol. The first-order valence-corrected chi connectivity index (χ1v) is 10.3. The zero-order chi connectivity index (χ0) is 25.0. The minimum atomic E-state index is -0.576. The van der Waals surface area contributed by atoms with Crippen molar-refractivity contribution in [2.45, 2.75) is 20.5 Å². The maximum Gasteiger partial charge on any atom is 0.308 e. The molecule has 0 aliphatic rings. The van der Waals surface area contributed by atoms with Crippen LogP contribution in [0.4, 0.5) is 5.69 Å². The van der Waals surface area contributed by atoms with Crippen molar-refractivity contribution in [3.8, 4) is 17.2 Å². The van der Waals surface area contributed by atoms with Gasteiger partial charge in [0.2, 0.25) is 0 Å². The number of hydrogen-bond acceptors (Lipinski definition) is 8. The Labute approximate surface area is 196 Å². The van der Waals surface area contributed by atoms with Crippen LogP contribution in [0.25, 0.3) is 22.7 Å². The van der Waals surface area contributed by atoms with Gasteiger partial charge in [0.25, 0.3) is 0 Å². The Kier molecular flexibility index (Phi) is 7.20. The summed E-state index contributed by atoms with van der Waals surface area (Å²) in [7, 11) is 5.14. The highest BCUT2D eigenvalue weighted by Gasteiger charge is 2.29. The molecule has 3 rings (SSSR count). The fourth-order valence-electron chi connectivity index (χ4n) is 3.56. The van der Waals surface area contributed by atoms with E-state index in [0.717, 1.165) is 0 Å². The summed E-state index contributed by atoms with van der Waals surface area (Å²) < 4.78 is 17.5. The van der Waals surface area contributed by atoms with Crippen molar-refractivity contribution in [1.82, 2.24) is 9.47 Å². The van der Waals surface area contributed by atoms with Crippen molar-refractivity contribution in [1.29, 1.82) is 0 Å². The second kappa shape index (κ2) is 10.1. The van der Waals surface area contributed by atoms with Crippen molar-refractivity contribution in [2.75, 3.05) is 21.2 Å². The maximum atomic E-state index is 12.2. The van der Waals surface area contributed by atoms with Gasteiger partial charge in [0.15, 0.2) is 0 Å². The van der Waals surface area contributed by atoms with E-state index in [9.17, 15) is 19.7 Å². The number of hydrogen-bond donors (Lipinski definition) is 0. The van der Waals surface area contributed by atoms with Crippen LogP contribution in [-0.2, 0) is 20.9 Å². The third-order valence-electron chi connectivity index (χ3n) is 4.92. The van der Waals surface area contributed by atoms with Gasteiger partial charge in [-0.1, -0.05) is 0 Å². The third-order valence-corrected chi connectivity index (χ3v) is 4.92. The fourth-order valence-corrected chi connectivity index (χ4v) is 3.56. The largest absolute Gasteiger partial charge is 0.497 e. The lowest BCUT2D eigenvalue weighted by molar-refractivity contribution is -0.383. The molecular weight excluding hydrogens is 442 g/mol. The summed E-state index contributed by atoms with van der Waals surface area (Å²) in [5, 5.41) is 12.5. The van der Waals surface area contributed by atoms with Gasteiger partial charge in [-0.2, -0.15) is 0 Å². The first-order valence-electron chi connectivity index (χ1n) is 10.3. The summed E-state index contributed by atoms with van der Waals surface area (Å²) >= 11 is 0. The maximum absolute atomic E-state index is 12.2. The number of esters is 2. The van der Waals surface area contributed by atoms with Crippen LogP contribution in [0.5, 0.6) is 11.5 Å². The number of fused-ring (bicyclic) bond motifs is 1. The first kappa shape index (κ1) is 24.3. The minimum Gasteiger partial charge on any atom is -0.497 e. The highest BCUT2D eigenvalue weighted by atomic mass is 16.6. The number of methoxy groups -OCH3 is 1. The van der Waals surface area contributed by atoms with Gasteiger partial charge in [-0.05, 0) is 42.5 Å². The molecule has 0 N–H and O–H groups in total. The number of ether oxygens (including phenoxy) is 3. The standard InChI is InChI=1S/C24H25N3O7/c1-15(28)33-14-20-22(34-16(2)29)11-10-19-23(20)26(17-6-8-18(32-5)9-7-17)21(12-13-25(3)4)24(19)27(30)31/h6-13H,14H2,1-5H3. The Morgan fingerprint density at radius 3 is 2.29 bits per heavy atom. The number of aromatic nitrogens is 1. The molecule has 0 aliphatic carbocycles. The molecule has 0 amide bonds. The molecule has 10 heteroatoms. The molecule has 0 saturated carbocycles. The zero-order valence-corrected chi connectivity index (χ0v) is 19.5. The van der Waals surface area contributed by atoms with Crippen LogP contribution < -0.4 is 9.47 Å². The Morgan fingerprint density at radius 2 is 1.76 bits per heavy atom. The number of nitro groups is 1. The van der Waals surface area contributed by atoms with Gasteiger partial charge in [-0.15, -0.1) is 0 Å². The Balaban J connectivity index is 2.49. The van der Waals surface area contributed by atoms with Crippen LogP contribution in [0.2, 0.25) is 0 Å². The molecule has 1 aromatic heterocycles. The second-order valence-corrected chi connectivity index (χ2v) is 7.62. The molecule has 0 aliphatic heterocycles. The lowest BCUT2D eigenvalue weighted by Crippen LogP contribution is -2.08. The monoisotopic (exact) mass is 467 g/mol. The predicted octanol–water partition coefficient (Wildman–Crippen LogP) is 4.07. The topological polar surface area (TPSA) is 113 Å². The van der Waals surface area contributed by atoms with Crippen molar-refractivity contribution >= 4 is 34.6 Å². The molecule has 0 bridgehead atoms. The summed E-state index contributed by atoms with van der Waals surface area (Å²) in [5.74, 6) is -0.365. The molecule has 0 unspecified atom stereocenters. The van der Waals surface area contributed by atoms with E-state index in [1.54, 1.807) is 67.2 Å². The summed E-state index contributed by atoms with van der Waals surface area (Å²) in [5.41, 5.74) is 1.47. The van der Waals surface area contributed by atoms with Crippen LogP contribution in [0.1, 0.15) is 25.1 Å². The highest BCUT2D eigenvalue weighted by molar-refractivity contribution is 5.99. The molecule has 2 aromatic carbocycles. The first-order chi connectivity index (χ1) is 16.1. The van der Waals surface area contributed by atoms with Crippen LogP contribution >= 0.6 is 0 Å². The molecule has 0 spiro atoms. The van der Waals surface area contributed by atoms with Gasteiger partial charge < -0.3 is 23.7 Å². The van der Waals surface area contributed by atoms with E-state index in [2.05, 4.69) is 0 Å². The SMILES string of the molecule is COc1ccc(-n2c(C=CN(C)C)c([N+](=O)[O-])c3ccc(OC(C)=O)c(COC(C)=O)c32)cc1. The van der Waals surface area contributed by atoms with Crippen LogP contribution in [0, 0.1) is 10.1 Å². The average Bonchev–Trinajstić information content (AvgIpc) is 3.11. The molecule has 0 atom stereocenters. The van der Waals surface area contributed by atoms with Gasteiger partial charge in [-0.3, -0.25) is 19.7 Å². The van der Waals surface area contributed by atoms with E-state index >= 15 is 0 Å². The van der Waals surface area contributed by atoms with E-state index in [0.29, 0.717) is 33.6 Å². The summed E-state index contributed by atoms with van der Waals surface area (Å²) in [6.07, 6.45) is 3.32. The van der Waals surface area contributed by atoms with Crippen LogP contribution in [0.3, 0.4) is 0 Å². The minimum absolute atomic E-state index is 0.137. The van der Waals surface area contributed by atoms with Crippen molar-refractivity contribution in [3.05, 3.63) is 64.0 Å². The number of carbonyl (C=O) groups is 2. The fraction of sp³-hybridized carbons (Fsp3) is 0.250. The molecule has 1 heterocycles. The normalized spacial score (nSPS) is 11.0. The molecule has 0 saturated heterocycles. The summed E-state index contributed by atoms with van der Waals surface area (Å²) in [6, 6.07) is 9.96. The van der Waals surface area contributed by atoms with E-state index in [-0.39, 0.29) is 18.0 Å². The molecule has 178 valence electrons. The van der Waals surface area contributed by atoms with Crippen molar-refractivity contribution in [2.24, 2.45) is 0 Å². The van der Waals surface area contributed by atoms with E-state index in [4.69, 9.17) is 14.2 Å². The van der Waals surface area contributed by atoms with Gasteiger partial charge in [-0.25, -0.2) is 0 Å². The molecule has 0 fully saturated rings. The zero-order valence-electron chi connectivity index (χ0n) is 19.5. The number of benzene rings is 2. The van der Waals surface area contributed by atoms with E-state index in [1.165, 1.54) is 26.0 Å². The second-order valence-electron chi connectivity index (χ2n) is 7.62. The van der Waals surface area contributed by atoms with E-state index < -0.39 is 16.9 Å². The van der Waals surface area contributed by atoms with Gasteiger partial charge in [0.05, 0.1) is 28.5 Å². The Hall–Kier alpha value is -4.34. The number of carbonyl (C=O) groups excluding carboxylic acids is 2. The van der Waals surface area contributed by atoms with Crippen molar-refractivity contribution < 1.29 is 28.7 Å². The predicted molar refractivity (Wildman–Crippen MR) is 126 cm³/mol. The Bertz CT molecular complexity index is 1270. The summed E-state index contributed by atoms with van der Waals surface area (Å²) in [4.78, 5) is 36.9. The summed E-state index contributed by atoms with van der Waals surface area (Å²) in [6.45, 7) is 2.25. The molecule has 10 nitrogen and oxygen atoms in total. The Morgan fingerprint density at radius 1 is 1.09 bits per heavy atom. The number of nitrogens with zero attached hydrogens (tertiary/aromatic N) is 3. The van der Waals surface area contributed by atoms with Gasteiger partial charge in [0.1, 0.15) is 23.8 Å². The molecular formula is C24H25N3O7. The quantitative estimate of drug-likeness (QED) is 0.211. The highest BCUT2D eigenvalue weighted by Crippen LogP contribution is 2.41. The smallest absolute Gasteiger partial charge is 0.308 e. The number of rotatable bonds is 8. The van der Waals surface area contributed by atoms with Gasteiger partial charge in [0, 0.05) is 39.8 Å². The van der Waals surface area contributed by atoms with Gasteiger partial charge >= 0.3 is 17.6 Å². The molecule has 34 heavy (non-hydrogen) atoms. The van der Waals surface area contributed by atoms with Crippen molar-refractivity contribution in [3.63, 3.8) is 0 Å². The molecule has 3 aromatic rings. The van der Waals surface area contributed by atoms with Crippen LogP contribution in [0.15, 0.2) is 42.6 Å².